The molecule has 0 aromatic carbocycles. The van der Waals surface area contributed by atoms with Crippen LogP contribution < -0.4 is 10.6 Å². The Morgan fingerprint density at radius 3 is 2.83 bits per heavy atom. The van der Waals surface area contributed by atoms with Gasteiger partial charge in [0.2, 0.25) is 5.95 Å². The van der Waals surface area contributed by atoms with Gasteiger partial charge in [0.25, 0.3) is 0 Å². The molecule has 2 aromatic rings. The third-order valence-electron chi connectivity index (χ3n) is 2.57. The third kappa shape index (κ3) is 3.19. The van der Waals surface area contributed by atoms with Crippen molar-refractivity contribution in [3.63, 3.8) is 0 Å². The molecular formula is C12H18N6. The molecule has 2 aromatic heterocycles. The summed E-state index contributed by atoms with van der Waals surface area (Å²) < 4.78 is 2.02. The Morgan fingerprint density at radius 1 is 1.22 bits per heavy atom. The van der Waals surface area contributed by atoms with Gasteiger partial charge in [-0.25, -0.2) is 9.97 Å². The Hall–Kier alpha value is -2.11. The minimum absolute atomic E-state index is 0.652. The van der Waals surface area contributed by atoms with Crippen LogP contribution in [0.3, 0.4) is 0 Å². The van der Waals surface area contributed by atoms with E-state index in [1.807, 2.05) is 37.0 Å². The van der Waals surface area contributed by atoms with Gasteiger partial charge in [0.05, 0.1) is 0 Å². The van der Waals surface area contributed by atoms with Crippen LogP contribution in [-0.4, -0.2) is 32.6 Å². The predicted molar refractivity (Wildman–Crippen MR) is 71.6 cm³/mol. The van der Waals surface area contributed by atoms with E-state index < -0.39 is 0 Å². The van der Waals surface area contributed by atoms with E-state index in [1.54, 1.807) is 6.20 Å². The second kappa shape index (κ2) is 6.00. The molecule has 0 bridgehead atoms. The zero-order valence-electron chi connectivity index (χ0n) is 10.7. The standard InChI is InChI=1S/C12H18N6/c1-3-13-12-16-6-4-10(17-12)14-7-5-11-15-8-9-18(11)2/h4,6,8-9H,3,5,7H2,1-2H3,(H2,13,14,16,17). The van der Waals surface area contributed by atoms with Gasteiger partial charge in [-0.3, -0.25) is 0 Å². The molecule has 0 spiro atoms. The van der Waals surface area contributed by atoms with Crippen LogP contribution in [0.2, 0.25) is 0 Å². The van der Waals surface area contributed by atoms with Crippen LogP contribution in [0.4, 0.5) is 11.8 Å². The molecule has 6 heteroatoms. The highest BCUT2D eigenvalue weighted by Gasteiger charge is 2.00. The van der Waals surface area contributed by atoms with Crippen LogP contribution >= 0.6 is 0 Å². The van der Waals surface area contributed by atoms with Gasteiger partial charge >= 0.3 is 0 Å². The Kier molecular flexibility index (Phi) is 4.11. The summed E-state index contributed by atoms with van der Waals surface area (Å²) >= 11 is 0. The number of aromatic nitrogens is 4. The maximum absolute atomic E-state index is 4.34. The van der Waals surface area contributed by atoms with Crippen LogP contribution in [0.1, 0.15) is 12.7 Å². The number of hydrogen-bond donors (Lipinski definition) is 2. The van der Waals surface area contributed by atoms with Crippen LogP contribution in [0.5, 0.6) is 0 Å². The van der Waals surface area contributed by atoms with E-state index >= 15 is 0 Å². The Labute approximate surface area is 106 Å². The van der Waals surface area contributed by atoms with Crippen LogP contribution in [0.15, 0.2) is 24.7 Å². The maximum atomic E-state index is 4.34. The maximum Gasteiger partial charge on any atom is 0.224 e. The fourth-order valence-corrected chi connectivity index (χ4v) is 1.64. The van der Waals surface area contributed by atoms with Crippen molar-refractivity contribution >= 4 is 11.8 Å². The highest BCUT2D eigenvalue weighted by Crippen LogP contribution is 2.05. The molecule has 18 heavy (non-hydrogen) atoms. The number of rotatable bonds is 6. The van der Waals surface area contributed by atoms with Crippen molar-refractivity contribution < 1.29 is 0 Å². The van der Waals surface area contributed by atoms with Crippen molar-refractivity contribution in [1.82, 2.24) is 19.5 Å². The van der Waals surface area contributed by atoms with Gasteiger partial charge in [0, 0.05) is 45.1 Å². The molecule has 0 aliphatic carbocycles. The zero-order chi connectivity index (χ0) is 12.8. The summed E-state index contributed by atoms with van der Waals surface area (Å²) in [4.78, 5) is 12.7. The lowest BCUT2D eigenvalue weighted by Crippen LogP contribution is -2.10. The molecule has 2 heterocycles. The summed E-state index contributed by atoms with van der Waals surface area (Å²) in [6, 6.07) is 1.86. The quantitative estimate of drug-likeness (QED) is 0.804. The summed E-state index contributed by atoms with van der Waals surface area (Å²) in [5.41, 5.74) is 0. The van der Waals surface area contributed by atoms with Crippen molar-refractivity contribution in [3.05, 3.63) is 30.5 Å². The first-order valence-corrected chi connectivity index (χ1v) is 6.06. The van der Waals surface area contributed by atoms with Crippen molar-refractivity contribution in [3.8, 4) is 0 Å². The molecule has 0 aliphatic heterocycles. The van der Waals surface area contributed by atoms with E-state index in [4.69, 9.17) is 0 Å². The SMILES string of the molecule is CCNc1nccc(NCCc2nccn2C)n1. The molecule has 0 fully saturated rings. The number of nitrogens with one attached hydrogen (secondary N) is 2. The molecule has 0 radical (unpaired) electrons. The van der Waals surface area contributed by atoms with E-state index in [0.717, 1.165) is 31.2 Å². The van der Waals surface area contributed by atoms with Gasteiger partial charge in [-0.15, -0.1) is 0 Å². The predicted octanol–water partition coefficient (Wildman–Crippen LogP) is 1.30. The fourth-order valence-electron chi connectivity index (χ4n) is 1.64. The number of anilines is 2. The van der Waals surface area contributed by atoms with E-state index in [9.17, 15) is 0 Å². The second-order valence-corrected chi connectivity index (χ2v) is 3.93. The first kappa shape index (κ1) is 12.3. The summed E-state index contributed by atoms with van der Waals surface area (Å²) in [5, 5.41) is 6.35. The van der Waals surface area contributed by atoms with Crippen LogP contribution in [0, 0.1) is 0 Å². The molecular weight excluding hydrogens is 228 g/mol. The Balaban J connectivity index is 1.86. The van der Waals surface area contributed by atoms with Gasteiger partial charge in [-0.05, 0) is 13.0 Å². The summed E-state index contributed by atoms with van der Waals surface area (Å²) in [5.74, 6) is 2.54. The van der Waals surface area contributed by atoms with Gasteiger partial charge in [-0.1, -0.05) is 0 Å². The zero-order valence-corrected chi connectivity index (χ0v) is 10.7. The highest BCUT2D eigenvalue weighted by molar-refractivity contribution is 5.39. The molecule has 6 nitrogen and oxygen atoms in total. The largest absolute Gasteiger partial charge is 0.369 e. The van der Waals surface area contributed by atoms with Gasteiger partial charge in [0.15, 0.2) is 0 Å². The third-order valence-corrected chi connectivity index (χ3v) is 2.57. The number of aryl methyl sites for hydroxylation is 1. The molecule has 2 N–H and O–H groups in total. The van der Waals surface area contributed by atoms with E-state index in [1.165, 1.54) is 0 Å². The number of nitrogens with zero attached hydrogens (tertiary/aromatic N) is 4. The topological polar surface area (TPSA) is 67.7 Å². The Morgan fingerprint density at radius 2 is 2.11 bits per heavy atom. The molecule has 96 valence electrons. The summed E-state index contributed by atoms with van der Waals surface area (Å²) in [6.07, 6.45) is 6.37. The lowest BCUT2D eigenvalue weighted by molar-refractivity contribution is 0.788. The van der Waals surface area contributed by atoms with E-state index in [-0.39, 0.29) is 0 Å². The van der Waals surface area contributed by atoms with Crippen molar-refractivity contribution in [2.45, 2.75) is 13.3 Å². The fraction of sp³-hybridized carbons (Fsp3) is 0.417. The van der Waals surface area contributed by atoms with Crippen LogP contribution in [-0.2, 0) is 13.5 Å². The second-order valence-electron chi connectivity index (χ2n) is 3.93. The average molecular weight is 246 g/mol. The van der Waals surface area contributed by atoms with Gasteiger partial charge in [0.1, 0.15) is 11.6 Å². The lowest BCUT2D eigenvalue weighted by atomic mass is 10.4. The summed E-state index contributed by atoms with van der Waals surface area (Å²) in [7, 11) is 2.00. The number of hydrogen-bond acceptors (Lipinski definition) is 5. The van der Waals surface area contributed by atoms with Gasteiger partial charge in [-0.2, -0.15) is 4.98 Å². The van der Waals surface area contributed by atoms with Crippen LogP contribution in [0.25, 0.3) is 0 Å². The minimum atomic E-state index is 0.652. The monoisotopic (exact) mass is 246 g/mol. The van der Waals surface area contributed by atoms with E-state index in [2.05, 4.69) is 25.6 Å². The van der Waals surface area contributed by atoms with Crippen molar-refractivity contribution in [2.75, 3.05) is 23.7 Å². The molecule has 0 aliphatic rings. The smallest absolute Gasteiger partial charge is 0.224 e. The average Bonchev–Trinajstić information content (AvgIpc) is 2.76. The molecule has 0 atom stereocenters. The van der Waals surface area contributed by atoms with Crippen molar-refractivity contribution in [2.24, 2.45) is 7.05 Å². The highest BCUT2D eigenvalue weighted by atomic mass is 15.1. The van der Waals surface area contributed by atoms with Crippen molar-refractivity contribution in [1.29, 1.82) is 0 Å². The molecule has 0 saturated carbocycles. The lowest BCUT2D eigenvalue weighted by Gasteiger charge is -2.07. The summed E-state index contributed by atoms with van der Waals surface area (Å²) in [6.45, 7) is 3.63. The normalized spacial score (nSPS) is 10.3. The molecule has 0 saturated heterocycles. The first-order chi connectivity index (χ1) is 8.79. The Bertz CT molecular complexity index is 493. The van der Waals surface area contributed by atoms with Gasteiger partial charge < -0.3 is 15.2 Å². The molecule has 0 amide bonds. The minimum Gasteiger partial charge on any atom is -0.369 e. The van der Waals surface area contributed by atoms with E-state index in [0.29, 0.717) is 5.95 Å². The first-order valence-electron chi connectivity index (χ1n) is 6.06. The molecule has 0 unspecified atom stereocenters. The molecule has 2 rings (SSSR count). The number of imidazole rings is 1.